The van der Waals surface area contributed by atoms with Gasteiger partial charge >= 0.3 is 0 Å². The van der Waals surface area contributed by atoms with E-state index in [1.54, 1.807) is 18.7 Å². The molecule has 1 heterocycles. The number of nitrogens with zero attached hydrogens (tertiary/aromatic N) is 2. The number of rotatable bonds is 7. The smallest absolute Gasteiger partial charge is 0.222 e. The van der Waals surface area contributed by atoms with Gasteiger partial charge in [0.15, 0.2) is 0 Å². The monoisotopic (exact) mass is 258 g/mol. The SMILES string of the molecule is CCN(CC(O)CN1CCCC1=O)CC(C)(C)O. The second kappa shape index (κ2) is 6.50. The van der Waals surface area contributed by atoms with E-state index >= 15 is 0 Å². The number of likely N-dealkylation sites (N-methyl/N-ethyl adjacent to an activating group) is 1. The zero-order valence-corrected chi connectivity index (χ0v) is 11.7. The van der Waals surface area contributed by atoms with Crippen LogP contribution in [-0.2, 0) is 4.79 Å². The van der Waals surface area contributed by atoms with Crippen molar-refractivity contribution in [3.05, 3.63) is 0 Å². The maximum Gasteiger partial charge on any atom is 0.222 e. The average molecular weight is 258 g/mol. The Bertz CT molecular complexity index is 276. The van der Waals surface area contributed by atoms with Gasteiger partial charge in [0.1, 0.15) is 0 Å². The Labute approximate surface area is 109 Å². The number of carbonyl (C=O) groups excluding carboxylic acids is 1. The second-order valence-corrected chi connectivity index (χ2v) is 5.74. The predicted molar refractivity (Wildman–Crippen MR) is 70.2 cm³/mol. The largest absolute Gasteiger partial charge is 0.390 e. The molecule has 1 saturated heterocycles. The number of carbonyl (C=O) groups is 1. The van der Waals surface area contributed by atoms with Gasteiger partial charge in [0.25, 0.3) is 0 Å². The minimum absolute atomic E-state index is 0.139. The van der Waals surface area contributed by atoms with Crippen LogP contribution in [-0.4, -0.2) is 70.3 Å². The summed E-state index contributed by atoms with van der Waals surface area (Å²) in [4.78, 5) is 15.2. The lowest BCUT2D eigenvalue weighted by atomic mass is 10.1. The Morgan fingerprint density at radius 3 is 2.61 bits per heavy atom. The zero-order valence-electron chi connectivity index (χ0n) is 11.7. The molecular formula is C13H26N2O3. The Morgan fingerprint density at radius 2 is 2.17 bits per heavy atom. The molecule has 0 saturated carbocycles. The number of amides is 1. The van der Waals surface area contributed by atoms with Crippen molar-refractivity contribution in [1.29, 1.82) is 0 Å². The minimum atomic E-state index is -0.765. The number of hydrogen-bond acceptors (Lipinski definition) is 4. The first kappa shape index (κ1) is 15.4. The van der Waals surface area contributed by atoms with E-state index in [4.69, 9.17) is 0 Å². The summed E-state index contributed by atoms with van der Waals surface area (Å²) in [6, 6.07) is 0. The van der Waals surface area contributed by atoms with Crippen molar-refractivity contribution in [3.63, 3.8) is 0 Å². The van der Waals surface area contributed by atoms with Crippen molar-refractivity contribution in [2.24, 2.45) is 0 Å². The third kappa shape index (κ3) is 5.33. The van der Waals surface area contributed by atoms with E-state index in [0.29, 0.717) is 26.1 Å². The van der Waals surface area contributed by atoms with Crippen LogP contribution in [0.3, 0.4) is 0 Å². The summed E-state index contributed by atoms with van der Waals surface area (Å²) in [7, 11) is 0. The van der Waals surface area contributed by atoms with Crippen LogP contribution in [0.25, 0.3) is 0 Å². The highest BCUT2D eigenvalue weighted by Crippen LogP contribution is 2.11. The van der Waals surface area contributed by atoms with Crippen molar-refractivity contribution in [2.75, 3.05) is 32.7 Å². The van der Waals surface area contributed by atoms with E-state index in [2.05, 4.69) is 0 Å². The highest BCUT2D eigenvalue weighted by atomic mass is 16.3. The third-order valence-electron chi connectivity index (χ3n) is 3.13. The number of hydrogen-bond donors (Lipinski definition) is 2. The lowest BCUT2D eigenvalue weighted by Crippen LogP contribution is -2.45. The van der Waals surface area contributed by atoms with Gasteiger partial charge in [-0.2, -0.15) is 0 Å². The molecular weight excluding hydrogens is 232 g/mol. The molecule has 5 nitrogen and oxygen atoms in total. The molecule has 1 rings (SSSR count). The highest BCUT2D eigenvalue weighted by Gasteiger charge is 2.24. The molecule has 2 N–H and O–H groups in total. The topological polar surface area (TPSA) is 64.0 Å². The molecule has 1 fully saturated rings. The number of aliphatic hydroxyl groups excluding tert-OH is 1. The summed E-state index contributed by atoms with van der Waals surface area (Å²) in [6.07, 6.45) is 0.954. The number of aliphatic hydroxyl groups is 2. The quantitative estimate of drug-likeness (QED) is 0.678. The molecule has 1 atom stereocenters. The van der Waals surface area contributed by atoms with Gasteiger partial charge in [0.05, 0.1) is 11.7 Å². The van der Waals surface area contributed by atoms with Gasteiger partial charge in [-0.15, -0.1) is 0 Å². The van der Waals surface area contributed by atoms with Crippen molar-refractivity contribution < 1.29 is 15.0 Å². The van der Waals surface area contributed by atoms with Gasteiger partial charge in [0.2, 0.25) is 5.91 Å². The normalized spacial score (nSPS) is 18.8. The second-order valence-electron chi connectivity index (χ2n) is 5.74. The maximum absolute atomic E-state index is 11.5. The first-order valence-electron chi connectivity index (χ1n) is 6.72. The van der Waals surface area contributed by atoms with Crippen molar-refractivity contribution in [3.8, 4) is 0 Å². The Hall–Kier alpha value is -0.650. The Morgan fingerprint density at radius 1 is 1.50 bits per heavy atom. The maximum atomic E-state index is 11.5. The van der Waals surface area contributed by atoms with Gasteiger partial charge in [0, 0.05) is 32.6 Å². The molecule has 106 valence electrons. The van der Waals surface area contributed by atoms with E-state index in [-0.39, 0.29) is 5.91 Å². The average Bonchev–Trinajstić information content (AvgIpc) is 2.61. The zero-order chi connectivity index (χ0) is 13.8. The van der Waals surface area contributed by atoms with Crippen LogP contribution < -0.4 is 0 Å². The predicted octanol–water partition coefficient (Wildman–Crippen LogP) is 0.0625. The summed E-state index contributed by atoms with van der Waals surface area (Å²) in [5.41, 5.74) is -0.765. The molecule has 0 bridgehead atoms. The van der Waals surface area contributed by atoms with Crippen LogP contribution in [0.4, 0.5) is 0 Å². The van der Waals surface area contributed by atoms with Gasteiger partial charge in [-0.05, 0) is 26.8 Å². The minimum Gasteiger partial charge on any atom is -0.390 e. The van der Waals surface area contributed by atoms with Gasteiger partial charge in [-0.25, -0.2) is 0 Å². The number of β-amino-alcohol motifs (C(OH)–C–C–N with tert-alkyl or cyclic N) is 1. The Balaban J connectivity index is 2.37. The van der Waals surface area contributed by atoms with Crippen LogP contribution in [0.2, 0.25) is 0 Å². The summed E-state index contributed by atoms with van der Waals surface area (Å²) >= 11 is 0. The molecule has 5 heteroatoms. The van der Waals surface area contributed by atoms with Gasteiger partial charge in [-0.3, -0.25) is 9.69 Å². The fourth-order valence-electron chi connectivity index (χ4n) is 2.36. The molecule has 0 aromatic carbocycles. The first-order valence-corrected chi connectivity index (χ1v) is 6.72. The summed E-state index contributed by atoms with van der Waals surface area (Å²) in [6.45, 7) is 8.46. The molecule has 0 aromatic heterocycles. The molecule has 1 unspecified atom stereocenters. The van der Waals surface area contributed by atoms with E-state index < -0.39 is 11.7 Å². The fourth-order valence-corrected chi connectivity index (χ4v) is 2.36. The molecule has 1 aliphatic heterocycles. The van der Waals surface area contributed by atoms with Crippen LogP contribution in [0.5, 0.6) is 0 Å². The van der Waals surface area contributed by atoms with Crippen molar-refractivity contribution in [1.82, 2.24) is 9.80 Å². The molecule has 1 aliphatic rings. The van der Waals surface area contributed by atoms with Gasteiger partial charge < -0.3 is 15.1 Å². The molecule has 0 spiro atoms. The summed E-state index contributed by atoms with van der Waals surface area (Å²) < 4.78 is 0. The van der Waals surface area contributed by atoms with Crippen LogP contribution in [0.15, 0.2) is 0 Å². The Kier molecular flexibility index (Phi) is 5.56. The fraction of sp³-hybridized carbons (Fsp3) is 0.923. The summed E-state index contributed by atoms with van der Waals surface area (Å²) in [5.74, 6) is 0.139. The van der Waals surface area contributed by atoms with E-state index in [0.717, 1.165) is 19.5 Å². The lowest BCUT2D eigenvalue weighted by Gasteiger charge is -2.30. The van der Waals surface area contributed by atoms with E-state index in [1.165, 1.54) is 0 Å². The standard InChI is InChI=1S/C13H26N2O3/c1-4-14(10-13(2,3)18)8-11(16)9-15-7-5-6-12(15)17/h11,16,18H,4-10H2,1-3H3. The third-order valence-corrected chi connectivity index (χ3v) is 3.13. The van der Waals surface area contributed by atoms with Gasteiger partial charge in [-0.1, -0.05) is 6.92 Å². The molecule has 1 amide bonds. The van der Waals surface area contributed by atoms with Crippen molar-refractivity contribution >= 4 is 5.91 Å². The molecule has 18 heavy (non-hydrogen) atoms. The molecule has 0 aromatic rings. The van der Waals surface area contributed by atoms with E-state index in [9.17, 15) is 15.0 Å². The van der Waals surface area contributed by atoms with Crippen LogP contribution >= 0.6 is 0 Å². The van der Waals surface area contributed by atoms with E-state index in [1.807, 2.05) is 11.8 Å². The van der Waals surface area contributed by atoms with Crippen molar-refractivity contribution in [2.45, 2.75) is 45.3 Å². The highest BCUT2D eigenvalue weighted by molar-refractivity contribution is 5.78. The first-order chi connectivity index (χ1) is 8.31. The molecule has 0 aliphatic carbocycles. The lowest BCUT2D eigenvalue weighted by molar-refractivity contribution is -0.129. The van der Waals surface area contributed by atoms with Crippen LogP contribution in [0.1, 0.15) is 33.6 Å². The van der Waals surface area contributed by atoms with Crippen LogP contribution in [0, 0.1) is 0 Å². The summed E-state index contributed by atoms with van der Waals surface area (Å²) in [5, 5.41) is 19.8. The number of likely N-dealkylation sites (tertiary alicyclic amines) is 1. The molecule has 0 radical (unpaired) electrons.